The fourth-order valence-corrected chi connectivity index (χ4v) is 6.34. The monoisotopic (exact) mass is 328 g/mol. The van der Waals surface area contributed by atoms with Gasteiger partial charge in [-0.3, -0.25) is 9.59 Å². The van der Waals surface area contributed by atoms with Crippen LogP contribution in [0.25, 0.3) is 0 Å². The molecule has 0 aromatic rings. The second-order valence-corrected chi connectivity index (χ2v) is 8.85. The molecule has 0 aliphatic heterocycles. The number of esters is 1. The van der Waals surface area contributed by atoms with Gasteiger partial charge in [0.1, 0.15) is 6.10 Å². The summed E-state index contributed by atoms with van der Waals surface area (Å²) in [5.41, 5.74) is 1.51. The molecule has 3 nitrogen and oxygen atoms in total. The summed E-state index contributed by atoms with van der Waals surface area (Å²) >= 11 is 0. The minimum absolute atomic E-state index is 0.0760. The molecule has 0 saturated heterocycles. The fourth-order valence-electron chi connectivity index (χ4n) is 6.34. The molecule has 4 aliphatic carbocycles. The van der Waals surface area contributed by atoms with Gasteiger partial charge in [-0.05, 0) is 66.9 Å². The molecule has 130 valence electrons. The Labute approximate surface area is 144 Å². The van der Waals surface area contributed by atoms with Crippen molar-refractivity contribution in [1.82, 2.24) is 0 Å². The first-order valence-corrected chi connectivity index (χ1v) is 9.45. The average Bonchev–Trinajstić information content (AvgIpc) is 2.84. The van der Waals surface area contributed by atoms with Crippen molar-refractivity contribution in [2.75, 3.05) is 0 Å². The summed E-state index contributed by atoms with van der Waals surface area (Å²) in [6, 6.07) is 0. The Morgan fingerprint density at radius 1 is 1.17 bits per heavy atom. The molecule has 2 fully saturated rings. The van der Waals surface area contributed by atoms with Gasteiger partial charge in [-0.2, -0.15) is 0 Å². The molecule has 0 aromatic heterocycles. The first-order valence-electron chi connectivity index (χ1n) is 9.45. The SMILES string of the molecule is CC(=O)OC1CCC2C3C=CC4=CC(=O)CCC4(C)C3CCC12C. The minimum atomic E-state index is -0.147. The lowest BCUT2D eigenvalue weighted by Crippen LogP contribution is -2.50. The van der Waals surface area contributed by atoms with E-state index in [1.54, 1.807) is 0 Å². The average molecular weight is 328 g/mol. The maximum Gasteiger partial charge on any atom is 0.302 e. The van der Waals surface area contributed by atoms with E-state index in [0.717, 1.165) is 25.7 Å². The summed E-state index contributed by atoms with van der Waals surface area (Å²) in [6.45, 7) is 6.23. The van der Waals surface area contributed by atoms with Crippen molar-refractivity contribution in [2.24, 2.45) is 28.6 Å². The van der Waals surface area contributed by atoms with E-state index in [0.29, 0.717) is 24.2 Å². The number of ether oxygens (including phenoxy) is 1. The highest BCUT2D eigenvalue weighted by molar-refractivity contribution is 5.92. The van der Waals surface area contributed by atoms with Gasteiger partial charge in [0.2, 0.25) is 0 Å². The van der Waals surface area contributed by atoms with E-state index in [1.807, 2.05) is 6.08 Å². The van der Waals surface area contributed by atoms with Crippen LogP contribution in [0.1, 0.15) is 59.3 Å². The van der Waals surface area contributed by atoms with E-state index in [9.17, 15) is 9.59 Å². The largest absolute Gasteiger partial charge is 0.462 e. The van der Waals surface area contributed by atoms with E-state index in [-0.39, 0.29) is 28.7 Å². The van der Waals surface area contributed by atoms with E-state index in [4.69, 9.17) is 4.74 Å². The third kappa shape index (κ3) is 2.16. The van der Waals surface area contributed by atoms with Crippen LogP contribution < -0.4 is 0 Å². The molecule has 0 amide bonds. The van der Waals surface area contributed by atoms with Gasteiger partial charge in [-0.25, -0.2) is 0 Å². The highest BCUT2D eigenvalue weighted by Crippen LogP contribution is 2.64. The second-order valence-electron chi connectivity index (χ2n) is 8.85. The van der Waals surface area contributed by atoms with Crippen molar-refractivity contribution in [3.8, 4) is 0 Å². The summed E-state index contributed by atoms with van der Waals surface area (Å²) < 4.78 is 5.69. The van der Waals surface area contributed by atoms with Crippen molar-refractivity contribution in [3.63, 3.8) is 0 Å². The molecule has 4 rings (SSSR count). The van der Waals surface area contributed by atoms with Crippen LogP contribution >= 0.6 is 0 Å². The number of carbonyl (C=O) groups excluding carboxylic acids is 2. The summed E-state index contributed by atoms with van der Waals surface area (Å²) in [4.78, 5) is 23.3. The van der Waals surface area contributed by atoms with E-state index >= 15 is 0 Å². The number of hydrogen-bond donors (Lipinski definition) is 0. The van der Waals surface area contributed by atoms with E-state index < -0.39 is 0 Å². The molecule has 3 heteroatoms. The normalized spacial score (nSPS) is 46.6. The van der Waals surface area contributed by atoms with Gasteiger partial charge in [0, 0.05) is 18.8 Å². The molecule has 4 aliphatic rings. The molecule has 0 aromatic carbocycles. The number of rotatable bonds is 1. The maximum atomic E-state index is 11.8. The summed E-state index contributed by atoms with van der Waals surface area (Å²) in [5.74, 6) is 1.90. The molecule has 24 heavy (non-hydrogen) atoms. The number of hydrogen-bond acceptors (Lipinski definition) is 3. The lowest BCUT2D eigenvalue weighted by molar-refractivity contribution is -0.155. The molecule has 0 bridgehead atoms. The maximum absolute atomic E-state index is 11.8. The summed E-state index contributed by atoms with van der Waals surface area (Å²) in [7, 11) is 0. The number of allylic oxidation sites excluding steroid dienone is 4. The lowest BCUT2D eigenvalue weighted by atomic mass is 9.49. The van der Waals surface area contributed by atoms with E-state index in [2.05, 4.69) is 26.0 Å². The summed E-state index contributed by atoms with van der Waals surface area (Å²) in [5, 5.41) is 0. The zero-order chi connectivity index (χ0) is 17.1. The van der Waals surface area contributed by atoms with Crippen LogP contribution in [0.15, 0.2) is 23.8 Å². The lowest BCUT2D eigenvalue weighted by Gasteiger charge is -2.55. The molecule has 2 saturated carbocycles. The third-order valence-electron chi connectivity index (χ3n) is 7.74. The van der Waals surface area contributed by atoms with Gasteiger partial charge in [-0.15, -0.1) is 0 Å². The Morgan fingerprint density at radius 2 is 1.96 bits per heavy atom. The second kappa shape index (κ2) is 5.31. The van der Waals surface area contributed by atoms with Gasteiger partial charge < -0.3 is 4.74 Å². The standard InChI is InChI=1S/C21H28O3/c1-13(22)24-19-7-6-17-16-5-4-14-12-15(23)8-10-20(14,2)18(16)9-11-21(17,19)3/h4-5,12,16-19H,6-11H2,1-3H3. The van der Waals surface area contributed by atoms with Gasteiger partial charge in [0.25, 0.3) is 0 Å². The van der Waals surface area contributed by atoms with Crippen LogP contribution in [-0.2, 0) is 14.3 Å². The zero-order valence-corrected chi connectivity index (χ0v) is 15.0. The molecule has 0 radical (unpaired) electrons. The fraction of sp³-hybridized carbons (Fsp3) is 0.714. The van der Waals surface area contributed by atoms with Crippen LogP contribution in [0.3, 0.4) is 0 Å². The topological polar surface area (TPSA) is 43.4 Å². The predicted molar refractivity (Wildman–Crippen MR) is 92.2 cm³/mol. The van der Waals surface area contributed by atoms with Crippen molar-refractivity contribution in [3.05, 3.63) is 23.8 Å². The van der Waals surface area contributed by atoms with Crippen LogP contribution in [0.4, 0.5) is 0 Å². The molecule has 6 atom stereocenters. The van der Waals surface area contributed by atoms with Crippen LogP contribution in [0, 0.1) is 28.6 Å². The van der Waals surface area contributed by atoms with Gasteiger partial charge in [-0.1, -0.05) is 26.0 Å². The van der Waals surface area contributed by atoms with Gasteiger partial charge >= 0.3 is 5.97 Å². The Hall–Kier alpha value is -1.38. The molecular weight excluding hydrogens is 300 g/mol. The van der Waals surface area contributed by atoms with Crippen molar-refractivity contribution in [2.45, 2.75) is 65.4 Å². The molecule has 0 spiro atoms. The Bertz CT molecular complexity index is 645. The molecular formula is C21H28O3. The van der Waals surface area contributed by atoms with Crippen molar-refractivity contribution in [1.29, 1.82) is 0 Å². The predicted octanol–water partition coefficient (Wildman–Crippen LogP) is 4.23. The summed E-state index contributed by atoms with van der Waals surface area (Å²) in [6.07, 6.45) is 12.7. The zero-order valence-electron chi connectivity index (χ0n) is 15.0. The highest BCUT2D eigenvalue weighted by Gasteiger charge is 2.58. The first kappa shape index (κ1) is 16.1. The van der Waals surface area contributed by atoms with Crippen LogP contribution in [0.2, 0.25) is 0 Å². The number of carbonyl (C=O) groups is 2. The van der Waals surface area contributed by atoms with Gasteiger partial charge in [0.15, 0.2) is 5.78 Å². The Morgan fingerprint density at radius 3 is 2.71 bits per heavy atom. The number of fused-ring (bicyclic) bond motifs is 5. The molecule has 0 N–H and O–H groups in total. The number of ketones is 1. The van der Waals surface area contributed by atoms with Crippen LogP contribution in [0.5, 0.6) is 0 Å². The van der Waals surface area contributed by atoms with E-state index in [1.165, 1.54) is 18.9 Å². The van der Waals surface area contributed by atoms with Gasteiger partial charge in [0.05, 0.1) is 0 Å². The Balaban J connectivity index is 1.67. The highest BCUT2D eigenvalue weighted by atomic mass is 16.5. The van der Waals surface area contributed by atoms with Crippen molar-refractivity contribution >= 4 is 11.8 Å². The molecule has 0 heterocycles. The van der Waals surface area contributed by atoms with Crippen molar-refractivity contribution < 1.29 is 14.3 Å². The van der Waals surface area contributed by atoms with Crippen LogP contribution in [-0.4, -0.2) is 17.9 Å². The minimum Gasteiger partial charge on any atom is -0.462 e. The third-order valence-corrected chi connectivity index (χ3v) is 7.74. The first-order chi connectivity index (χ1) is 11.3. The smallest absolute Gasteiger partial charge is 0.302 e. The quantitative estimate of drug-likeness (QED) is 0.677. The Kier molecular flexibility index (Phi) is 3.56. The molecule has 6 unspecified atom stereocenters.